The van der Waals surface area contributed by atoms with Crippen molar-refractivity contribution in [3.8, 4) is 5.75 Å². The van der Waals surface area contributed by atoms with E-state index in [0.29, 0.717) is 0 Å². The number of rotatable bonds is 2. The number of fused-ring (bicyclic) bond motifs is 1. The smallest absolute Gasteiger partial charge is 0.262 e. The van der Waals surface area contributed by atoms with Gasteiger partial charge in [0, 0.05) is 15.1 Å². The van der Waals surface area contributed by atoms with Gasteiger partial charge < -0.3 is 15.4 Å². The lowest BCUT2D eigenvalue weighted by molar-refractivity contribution is -0.118. The van der Waals surface area contributed by atoms with Gasteiger partial charge in [-0.3, -0.25) is 4.79 Å². The number of ether oxygens (including phenoxy) is 1. The number of amides is 1. The van der Waals surface area contributed by atoms with Crippen LogP contribution in [0, 0.1) is 0 Å². The van der Waals surface area contributed by atoms with Crippen molar-refractivity contribution in [3.05, 3.63) is 18.2 Å². The lowest BCUT2D eigenvalue weighted by Crippen LogP contribution is -2.25. The van der Waals surface area contributed by atoms with E-state index in [9.17, 15) is 4.79 Å². The van der Waals surface area contributed by atoms with Gasteiger partial charge in [0.1, 0.15) is 5.75 Å². The van der Waals surface area contributed by atoms with Crippen LogP contribution in [0.1, 0.15) is 9.78 Å². The monoisotopic (exact) mass is 196 g/mol. The van der Waals surface area contributed by atoms with Crippen molar-refractivity contribution in [2.24, 2.45) is 0 Å². The third-order valence-corrected chi connectivity index (χ3v) is 1.99. The fourth-order valence-electron chi connectivity index (χ4n) is 1.40. The van der Waals surface area contributed by atoms with E-state index in [1.807, 2.05) is 25.1 Å². The third kappa shape index (κ3) is 1.64. The Morgan fingerprint density at radius 2 is 2.50 bits per heavy atom. The van der Waals surface area contributed by atoms with E-state index < -0.39 is 0 Å². The van der Waals surface area contributed by atoms with Crippen molar-refractivity contribution in [3.63, 3.8) is 0 Å². The highest BCUT2D eigenvalue weighted by molar-refractivity contribution is 5.95. The number of carbonyl (C=O) groups excluding carboxylic acids is 1. The van der Waals surface area contributed by atoms with Crippen LogP contribution in [0.3, 0.4) is 0 Å². The van der Waals surface area contributed by atoms with Crippen LogP contribution in [0.2, 0.25) is 0 Å². The van der Waals surface area contributed by atoms with Crippen molar-refractivity contribution in [1.82, 2.24) is 0 Å². The molecule has 2 rings (SSSR count). The van der Waals surface area contributed by atoms with Gasteiger partial charge in [-0.15, -0.1) is 0 Å². The predicted octanol–water partition coefficient (Wildman–Crippen LogP) is 1.94. The molecule has 0 bridgehead atoms. The summed E-state index contributed by atoms with van der Waals surface area (Å²) in [6.45, 7) is 2.98. The van der Waals surface area contributed by atoms with Gasteiger partial charge in [0.2, 0.25) is 0 Å². The molecule has 0 atom stereocenters. The quantitative estimate of drug-likeness (QED) is 0.760. The van der Waals surface area contributed by atoms with Gasteiger partial charge in [-0.1, -0.05) is 0 Å². The summed E-state index contributed by atoms with van der Waals surface area (Å²) in [7, 11) is 0. The van der Waals surface area contributed by atoms with Crippen LogP contribution in [0.25, 0.3) is 0 Å². The molecule has 1 aliphatic heterocycles. The largest absolute Gasteiger partial charge is 0.482 e. The Morgan fingerprint density at radius 3 is 3.29 bits per heavy atom. The molecule has 14 heavy (non-hydrogen) atoms. The lowest BCUT2D eigenvalue weighted by Gasteiger charge is -2.18. The predicted molar refractivity (Wildman–Crippen MR) is 59.0 cm³/mol. The molecule has 78 valence electrons. The first kappa shape index (κ1) is 8.87. The molecule has 0 saturated heterocycles. The minimum absolute atomic E-state index is 0. The van der Waals surface area contributed by atoms with Crippen LogP contribution in [-0.4, -0.2) is 19.1 Å². The van der Waals surface area contributed by atoms with Crippen molar-refractivity contribution < 1.29 is 12.4 Å². The SMILES string of the molecule is CCNc1ccc2c(c1)NC(=O)CO2.[HH].[HH]. The van der Waals surface area contributed by atoms with E-state index in [2.05, 4.69) is 10.6 Å². The molecule has 0 unspecified atom stereocenters. The maximum absolute atomic E-state index is 11.0. The van der Waals surface area contributed by atoms with E-state index in [1.54, 1.807) is 0 Å². The molecule has 4 heteroatoms. The molecule has 2 N–H and O–H groups in total. The zero-order chi connectivity index (χ0) is 9.97. The molecular formula is C10H16N2O2. The molecule has 1 aromatic carbocycles. The fourth-order valence-corrected chi connectivity index (χ4v) is 1.40. The van der Waals surface area contributed by atoms with Crippen LogP contribution >= 0.6 is 0 Å². The topological polar surface area (TPSA) is 50.4 Å². The highest BCUT2D eigenvalue weighted by atomic mass is 16.5. The Morgan fingerprint density at radius 1 is 1.64 bits per heavy atom. The third-order valence-electron chi connectivity index (χ3n) is 1.99. The molecule has 1 amide bonds. The molecule has 0 fully saturated rings. The highest BCUT2D eigenvalue weighted by Crippen LogP contribution is 2.30. The van der Waals surface area contributed by atoms with Crippen molar-refractivity contribution in [1.29, 1.82) is 0 Å². The molecule has 1 heterocycles. The zero-order valence-corrected chi connectivity index (χ0v) is 7.96. The number of carbonyl (C=O) groups is 1. The molecule has 1 aromatic rings. The van der Waals surface area contributed by atoms with Crippen LogP contribution < -0.4 is 15.4 Å². The van der Waals surface area contributed by atoms with Gasteiger partial charge in [0.15, 0.2) is 6.61 Å². The Hall–Kier alpha value is -1.71. The second-order valence-electron chi connectivity index (χ2n) is 3.08. The number of benzene rings is 1. The summed E-state index contributed by atoms with van der Waals surface area (Å²) in [5.41, 5.74) is 1.72. The van der Waals surface area contributed by atoms with E-state index >= 15 is 0 Å². The molecule has 4 nitrogen and oxygen atoms in total. The highest BCUT2D eigenvalue weighted by Gasteiger charge is 2.15. The molecule has 0 spiro atoms. The Labute approximate surface area is 85.2 Å². The average molecular weight is 196 g/mol. The van der Waals surface area contributed by atoms with E-state index in [1.165, 1.54) is 0 Å². The summed E-state index contributed by atoms with van der Waals surface area (Å²) in [6.07, 6.45) is 0. The average Bonchev–Trinajstić information content (AvgIpc) is 2.17. The van der Waals surface area contributed by atoms with Gasteiger partial charge in [-0.05, 0) is 25.1 Å². The second kappa shape index (κ2) is 3.57. The van der Waals surface area contributed by atoms with Crippen LogP contribution in [-0.2, 0) is 4.79 Å². The summed E-state index contributed by atoms with van der Waals surface area (Å²) in [5.74, 6) is 0.623. The first-order valence-corrected chi connectivity index (χ1v) is 4.60. The van der Waals surface area contributed by atoms with E-state index in [4.69, 9.17) is 4.74 Å². The molecule has 0 saturated carbocycles. The van der Waals surface area contributed by atoms with Crippen molar-refractivity contribution in [2.45, 2.75) is 6.92 Å². The van der Waals surface area contributed by atoms with Crippen molar-refractivity contribution in [2.75, 3.05) is 23.8 Å². The number of hydrogen-bond acceptors (Lipinski definition) is 3. The first-order chi connectivity index (χ1) is 6.79. The van der Waals surface area contributed by atoms with Crippen LogP contribution in [0.5, 0.6) is 5.75 Å². The Kier molecular flexibility index (Phi) is 2.26. The summed E-state index contributed by atoms with van der Waals surface area (Å²) in [5, 5.41) is 5.92. The molecule has 0 aromatic heterocycles. The molecule has 1 aliphatic rings. The normalized spacial score (nSPS) is 13.9. The van der Waals surface area contributed by atoms with Crippen LogP contribution in [0.4, 0.5) is 11.4 Å². The fraction of sp³-hybridized carbons (Fsp3) is 0.300. The minimum Gasteiger partial charge on any atom is -0.482 e. The summed E-state index contributed by atoms with van der Waals surface area (Å²) < 4.78 is 5.23. The zero-order valence-electron chi connectivity index (χ0n) is 7.96. The van der Waals surface area contributed by atoms with E-state index in [-0.39, 0.29) is 15.4 Å². The number of anilines is 2. The summed E-state index contributed by atoms with van der Waals surface area (Å²) in [4.78, 5) is 11.0. The van der Waals surface area contributed by atoms with Gasteiger partial charge in [-0.2, -0.15) is 0 Å². The van der Waals surface area contributed by atoms with E-state index in [0.717, 1.165) is 23.7 Å². The number of nitrogens with one attached hydrogen (secondary N) is 2. The van der Waals surface area contributed by atoms with Gasteiger partial charge in [-0.25, -0.2) is 0 Å². The lowest BCUT2D eigenvalue weighted by atomic mass is 10.2. The molecular weight excluding hydrogens is 180 g/mol. The maximum Gasteiger partial charge on any atom is 0.262 e. The molecule has 0 aliphatic carbocycles. The van der Waals surface area contributed by atoms with Crippen molar-refractivity contribution >= 4 is 17.3 Å². The minimum atomic E-state index is -0.105. The van der Waals surface area contributed by atoms with Gasteiger partial charge in [0.05, 0.1) is 5.69 Å². The maximum atomic E-state index is 11.0. The summed E-state index contributed by atoms with van der Waals surface area (Å²) >= 11 is 0. The van der Waals surface area contributed by atoms with Gasteiger partial charge >= 0.3 is 0 Å². The Balaban J connectivity index is 0.00000112. The second-order valence-corrected chi connectivity index (χ2v) is 3.08. The standard InChI is InChI=1S/C10H12N2O2.2H2/c1-2-11-7-3-4-9-8(5-7)12-10(13)6-14-9;;/h3-5,11H,2,6H2,1H3,(H,12,13);2*1H. The van der Waals surface area contributed by atoms with Gasteiger partial charge in [0.25, 0.3) is 5.91 Å². The Bertz CT molecular complexity index is 372. The number of hydrogen-bond donors (Lipinski definition) is 2. The summed E-state index contributed by atoms with van der Waals surface area (Å²) in [6, 6.07) is 5.66. The van der Waals surface area contributed by atoms with Crippen LogP contribution in [0.15, 0.2) is 18.2 Å². The first-order valence-electron chi connectivity index (χ1n) is 4.60. The molecule has 0 radical (unpaired) electrons.